The second-order valence-corrected chi connectivity index (χ2v) is 5.25. The number of ether oxygens (including phenoxy) is 1. The van der Waals surface area contributed by atoms with Gasteiger partial charge in [-0.05, 0) is 24.1 Å². The number of carbonyl (C=O) groups excluding carboxylic acids is 1. The maximum absolute atomic E-state index is 11.5. The van der Waals surface area contributed by atoms with Gasteiger partial charge in [0.25, 0.3) is 0 Å². The Kier molecular flexibility index (Phi) is 5.48. The van der Waals surface area contributed by atoms with Crippen LogP contribution in [0.3, 0.4) is 0 Å². The van der Waals surface area contributed by atoms with E-state index in [1.54, 1.807) is 7.11 Å². The van der Waals surface area contributed by atoms with Gasteiger partial charge in [-0.3, -0.25) is 4.79 Å². The molecule has 0 fully saturated rings. The smallest absolute Gasteiger partial charge is 0.220 e. The van der Waals surface area contributed by atoms with Gasteiger partial charge in [-0.25, -0.2) is 0 Å². The van der Waals surface area contributed by atoms with Gasteiger partial charge in [0, 0.05) is 23.0 Å². The molecular formula is C13H18BrNO2. The van der Waals surface area contributed by atoms with Crippen LogP contribution in [0.4, 0.5) is 0 Å². The minimum atomic E-state index is 0.0713. The van der Waals surface area contributed by atoms with Gasteiger partial charge >= 0.3 is 0 Å². The van der Waals surface area contributed by atoms with Crippen LogP contribution in [0.2, 0.25) is 0 Å². The van der Waals surface area contributed by atoms with Gasteiger partial charge in [-0.1, -0.05) is 29.8 Å². The van der Waals surface area contributed by atoms with Crippen molar-refractivity contribution in [1.29, 1.82) is 0 Å². The van der Waals surface area contributed by atoms with Crippen LogP contribution in [0.25, 0.3) is 0 Å². The predicted molar refractivity (Wildman–Crippen MR) is 72.0 cm³/mol. The van der Waals surface area contributed by atoms with Crippen molar-refractivity contribution in [3.05, 3.63) is 28.2 Å². The van der Waals surface area contributed by atoms with Gasteiger partial charge in [0.05, 0.1) is 7.11 Å². The van der Waals surface area contributed by atoms with Crippen molar-refractivity contribution in [1.82, 2.24) is 5.32 Å². The highest BCUT2D eigenvalue weighted by Crippen LogP contribution is 2.22. The summed E-state index contributed by atoms with van der Waals surface area (Å²) >= 11 is 3.40. The summed E-state index contributed by atoms with van der Waals surface area (Å²) in [6, 6.07) is 5.75. The summed E-state index contributed by atoms with van der Waals surface area (Å²) in [6.45, 7) is 4.55. The fourth-order valence-corrected chi connectivity index (χ4v) is 1.93. The summed E-state index contributed by atoms with van der Waals surface area (Å²) in [5, 5.41) is 2.89. The van der Waals surface area contributed by atoms with E-state index in [1.165, 1.54) is 0 Å². The fourth-order valence-electron chi connectivity index (χ4n) is 1.52. The number of nitrogens with one attached hydrogen (secondary N) is 1. The summed E-state index contributed by atoms with van der Waals surface area (Å²) in [6.07, 6.45) is 0.552. The second kappa shape index (κ2) is 6.64. The zero-order valence-corrected chi connectivity index (χ0v) is 12.0. The molecule has 1 rings (SSSR count). The summed E-state index contributed by atoms with van der Waals surface area (Å²) in [5.41, 5.74) is 0.971. The van der Waals surface area contributed by atoms with E-state index in [2.05, 4.69) is 21.2 Å². The van der Waals surface area contributed by atoms with Crippen molar-refractivity contribution in [2.75, 3.05) is 7.11 Å². The van der Waals surface area contributed by atoms with E-state index < -0.39 is 0 Å². The van der Waals surface area contributed by atoms with Crippen LogP contribution in [-0.2, 0) is 11.3 Å². The Morgan fingerprint density at radius 2 is 2.18 bits per heavy atom. The SMILES string of the molecule is COc1ccc(Br)cc1CNC(=O)CC(C)C. The molecule has 94 valence electrons. The van der Waals surface area contributed by atoms with Crippen LogP contribution in [-0.4, -0.2) is 13.0 Å². The number of halogens is 1. The lowest BCUT2D eigenvalue weighted by molar-refractivity contribution is -0.121. The van der Waals surface area contributed by atoms with Crippen LogP contribution in [0.1, 0.15) is 25.8 Å². The first-order chi connectivity index (χ1) is 8.02. The number of rotatable bonds is 5. The Balaban J connectivity index is 2.62. The number of hydrogen-bond acceptors (Lipinski definition) is 2. The molecular weight excluding hydrogens is 282 g/mol. The van der Waals surface area contributed by atoms with E-state index >= 15 is 0 Å². The van der Waals surface area contributed by atoms with Crippen LogP contribution in [0, 0.1) is 5.92 Å². The van der Waals surface area contributed by atoms with Crippen molar-refractivity contribution >= 4 is 21.8 Å². The van der Waals surface area contributed by atoms with Crippen molar-refractivity contribution in [2.45, 2.75) is 26.8 Å². The maximum atomic E-state index is 11.5. The lowest BCUT2D eigenvalue weighted by atomic mass is 10.1. The molecule has 0 atom stereocenters. The monoisotopic (exact) mass is 299 g/mol. The van der Waals surface area contributed by atoms with E-state index in [0.717, 1.165) is 15.8 Å². The molecule has 0 aliphatic rings. The Hall–Kier alpha value is -1.03. The topological polar surface area (TPSA) is 38.3 Å². The molecule has 0 aromatic heterocycles. The van der Waals surface area contributed by atoms with Gasteiger partial charge in [0.2, 0.25) is 5.91 Å². The van der Waals surface area contributed by atoms with Gasteiger partial charge in [-0.2, -0.15) is 0 Å². The van der Waals surface area contributed by atoms with Crippen LogP contribution < -0.4 is 10.1 Å². The molecule has 3 nitrogen and oxygen atoms in total. The van der Waals surface area contributed by atoms with Crippen molar-refractivity contribution < 1.29 is 9.53 Å². The quantitative estimate of drug-likeness (QED) is 0.907. The molecule has 0 aliphatic carbocycles. The Morgan fingerprint density at radius 3 is 2.76 bits per heavy atom. The highest BCUT2D eigenvalue weighted by atomic mass is 79.9. The van der Waals surface area contributed by atoms with E-state index in [-0.39, 0.29) is 5.91 Å². The fraction of sp³-hybridized carbons (Fsp3) is 0.462. The third-order valence-corrected chi connectivity index (χ3v) is 2.81. The van der Waals surface area contributed by atoms with E-state index in [9.17, 15) is 4.79 Å². The maximum Gasteiger partial charge on any atom is 0.220 e. The molecule has 0 heterocycles. The zero-order chi connectivity index (χ0) is 12.8. The highest BCUT2D eigenvalue weighted by molar-refractivity contribution is 9.10. The van der Waals surface area contributed by atoms with Crippen LogP contribution >= 0.6 is 15.9 Å². The average molecular weight is 300 g/mol. The molecule has 1 aromatic carbocycles. The molecule has 4 heteroatoms. The van der Waals surface area contributed by atoms with Crippen molar-refractivity contribution in [3.63, 3.8) is 0 Å². The standard InChI is InChI=1S/C13H18BrNO2/c1-9(2)6-13(16)15-8-10-7-11(14)4-5-12(10)17-3/h4-5,7,9H,6,8H2,1-3H3,(H,15,16). The predicted octanol–water partition coefficient (Wildman–Crippen LogP) is 3.12. The molecule has 0 unspecified atom stereocenters. The Labute approximate surface area is 111 Å². The number of methoxy groups -OCH3 is 1. The lowest BCUT2D eigenvalue weighted by Gasteiger charge is -2.11. The van der Waals surface area contributed by atoms with Crippen LogP contribution in [0.5, 0.6) is 5.75 Å². The minimum absolute atomic E-state index is 0.0713. The van der Waals surface area contributed by atoms with E-state index in [0.29, 0.717) is 18.9 Å². The Morgan fingerprint density at radius 1 is 1.47 bits per heavy atom. The highest BCUT2D eigenvalue weighted by Gasteiger charge is 2.07. The molecule has 0 spiro atoms. The van der Waals surface area contributed by atoms with E-state index in [1.807, 2.05) is 32.0 Å². The Bertz CT molecular complexity index is 391. The average Bonchev–Trinajstić information content (AvgIpc) is 2.25. The van der Waals surface area contributed by atoms with Gasteiger partial charge in [0.15, 0.2) is 0 Å². The molecule has 0 aliphatic heterocycles. The molecule has 0 bridgehead atoms. The molecule has 17 heavy (non-hydrogen) atoms. The summed E-state index contributed by atoms with van der Waals surface area (Å²) in [5.74, 6) is 1.24. The number of benzene rings is 1. The van der Waals surface area contributed by atoms with Gasteiger partial charge < -0.3 is 10.1 Å². The number of carbonyl (C=O) groups is 1. The molecule has 0 radical (unpaired) electrons. The van der Waals surface area contributed by atoms with Gasteiger partial charge in [0.1, 0.15) is 5.75 Å². The molecule has 1 aromatic rings. The molecule has 0 saturated heterocycles. The van der Waals surface area contributed by atoms with Gasteiger partial charge in [-0.15, -0.1) is 0 Å². The molecule has 1 amide bonds. The summed E-state index contributed by atoms with van der Waals surface area (Å²) in [7, 11) is 1.63. The second-order valence-electron chi connectivity index (χ2n) is 4.33. The number of amides is 1. The third kappa shape index (κ3) is 4.77. The third-order valence-electron chi connectivity index (χ3n) is 2.31. The van der Waals surface area contributed by atoms with Crippen LogP contribution in [0.15, 0.2) is 22.7 Å². The normalized spacial score (nSPS) is 10.4. The first-order valence-electron chi connectivity index (χ1n) is 5.62. The zero-order valence-electron chi connectivity index (χ0n) is 10.4. The molecule has 0 saturated carbocycles. The number of hydrogen-bond donors (Lipinski definition) is 1. The first-order valence-corrected chi connectivity index (χ1v) is 6.41. The van der Waals surface area contributed by atoms with E-state index in [4.69, 9.17) is 4.74 Å². The first kappa shape index (κ1) is 14.0. The van der Waals surface area contributed by atoms with Crippen molar-refractivity contribution in [2.24, 2.45) is 5.92 Å². The largest absolute Gasteiger partial charge is 0.496 e. The van der Waals surface area contributed by atoms with Crippen molar-refractivity contribution in [3.8, 4) is 5.75 Å². The summed E-state index contributed by atoms with van der Waals surface area (Å²) in [4.78, 5) is 11.5. The lowest BCUT2D eigenvalue weighted by Crippen LogP contribution is -2.24. The minimum Gasteiger partial charge on any atom is -0.496 e. The summed E-state index contributed by atoms with van der Waals surface area (Å²) < 4.78 is 6.22. The molecule has 1 N–H and O–H groups in total.